The largest absolute Gasteiger partial charge is 0.485 e. The van der Waals surface area contributed by atoms with Gasteiger partial charge in [-0.15, -0.1) is 0 Å². The molecule has 2 aromatic carbocycles. The van der Waals surface area contributed by atoms with Crippen LogP contribution in [-0.4, -0.2) is 108 Å². The second-order valence-electron chi connectivity index (χ2n) is 14.9. The second-order valence-corrected chi connectivity index (χ2v) is 16.9. The molecule has 0 saturated carbocycles. The Balaban J connectivity index is 0.000000253. The Labute approximate surface area is 373 Å². The molecule has 0 spiro atoms. The van der Waals surface area contributed by atoms with Crippen LogP contribution in [0.15, 0.2) is 117 Å². The summed E-state index contributed by atoms with van der Waals surface area (Å²) in [7, 11) is -0.226. The molecular weight excluding hydrogens is 840 g/mol. The first-order valence-corrected chi connectivity index (χ1v) is 22.4. The molecule has 0 radical (unpaired) electrons. The molecule has 2 amide bonds. The molecule has 0 bridgehead atoms. The monoisotopic (exact) mass is 896 g/mol. The maximum absolute atomic E-state index is 13.6. The maximum Gasteiger partial charge on any atom is 0.221 e. The summed E-state index contributed by atoms with van der Waals surface area (Å²) in [6.07, 6.45) is 12.2. The number of aryl methyl sites for hydroxylation is 1. The molecule has 64 heavy (non-hydrogen) atoms. The first-order chi connectivity index (χ1) is 30.9. The van der Waals surface area contributed by atoms with Crippen molar-refractivity contribution in [1.29, 1.82) is 0 Å². The number of carbonyl (C=O) groups is 2. The summed E-state index contributed by atoms with van der Waals surface area (Å²) in [6, 6.07) is 14.3. The maximum atomic E-state index is 13.6. The number of sulfone groups is 1. The van der Waals surface area contributed by atoms with Crippen LogP contribution in [0.4, 0.5) is 10.2 Å². The molecule has 0 atom stereocenters. The number of likely N-dealkylation sites (tertiary alicyclic amines) is 1. The van der Waals surface area contributed by atoms with Crippen molar-refractivity contribution in [3.05, 3.63) is 113 Å². The molecule has 5 aromatic rings. The van der Waals surface area contributed by atoms with E-state index in [4.69, 9.17) is 4.74 Å². The van der Waals surface area contributed by atoms with Crippen LogP contribution in [0.3, 0.4) is 0 Å². The molecular formula is C45H57FN12O5S. The number of carbonyl (C=O) groups excluding carboxylic acids is 2. The number of benzene rings is 2. The number of para-hydroxylation sites is 1. The van der Waals surface area contributed by atoms with E-state index in [0.717, 1.165) is 49.8 Å². The Kier molecular flexibility index (Phi) is 17.4. The summed E-state index contributed by atoms with van der Waals surface area (Å²) in [4.78, 5) is 36.3. The lowest BCUT2D eigenvalue weighted by Crippen LogP contribution is -2.32. The Morgan fingerprint density at radius 2 is 1.89 bits per heavy atom. The molecule has 1 saturated heterocycles. The summed E-state index contributed by atoms with van der Waals surface area (Å²) in [6.45, 7) is 14.6. The van der Waals surface area contributed by atoms with Crippen molar-refractivity contribution in [2.75, 3.05) is 44.8 Å². The van der Waals surface area contributed by atoms with Crippen LogP contribution >= 0.6 is 0 Å². The van der Waals surface area contributed by atoms with Crippen molar-refractivity contribution in [3.63, 3.8) is 0 Å². The van der Waals surface area contributed by atoms with E-state index in [-0.39, 0.29) is 40.6 Å². The molecule has 17 nitrogen and oxygen atoms in total. The summed E-state index contributed by atoms with van der Waals surface area (Å²) in [5.41, 5.74) is 3.88. The molecule has 6 rings (SSSR count). The van der Waals surface area contributed by atoms with Crippen LogP contribution in [0.2, 0.25) is 0 Å². The van der Waals surface area contributed by atoms with E-state index >= 15 is 0 Å². The summed E-state index contributed by atoms with van der Waals surface area (Å²) < 4.78 is 48.6. The Bertz CT molecular complexity index is 2630. The number of nitrogens with zero attached hydrogens (tertiary/aromatic N) is 9. The van der Waals surface area contributed by atoms with Crippen LogP contribution < -0.4 is 25.8 Å². The third kappa shape index (κ3) is 11.8. The first kappa shape index (κ1) is 48.3. The number of amides is 2. The predicted molar refractivity (Wildman–Crippen MR) is 247 cm³/mol. The van der Waals surface area contributed by atoms with Gasteiger partial charge in [-0.25, -0.2) is 27.5 Å². The molecule has 340 valence electrons. The molecule has 1 fully saturated rings. The average Bonchev–Trinajstić information content (AvgIpc) is 3.98. The van der Waals surface area contributed by atoms with Gasteiger partial charge in [0.05, 0.1) is 33.3 Å². The third-order valence-electron chi connectivity index (χ3n) is 10.5. The van der Waals surface area contributed by atoms with Crippen LogP contribution in [0.25, 0.3) is 22.2 Å². The van der Waals surface area contributed by atoms with E-state index in [9.17, 15) is 22.4 Å². The van der Waals surface area contributed by atoms with Gasteiger partial charge in [0.1, 0.15) is 25.0 Å². The number of aromatic nitrogens is 6. The number of rotatable bonds is 18. The van der Waals surface area contributed by atoms with Gasteiger partial charge in [-0.3, -0.25) is 24.3 Å². The smallest absolute Gasteiger partial charge is 0.221 e. The van der Waals surface area contributed by atoms with Gasteiger partial charge in [0.25, 0.3) is 0 Å². The van der Waals surface area contributed by atoms with Crippen molar-refractivity contribution in [3.8, 4) is 17.0 Å². The Morgan fingerprint density at radius 3 is 2.50 bits per heavy atom. The highest BCUT2D eigenvalue weighted by Crippen LogP contribution is 2.36. The van der Waals surface area contributed by atoms with Crippen LogP contribution in [-0.2, 0) is 26.5 Å². The van der Waals surface area contributed by atoms with Crippen molar-refractivity contribution >= 4 is 45.6 Å². The lowest BCUT2D eigenvalue weighted by molar-refractivity contribution is -0.120. The lowest BCUT2D eigenvalue weighted by Gasteiger charge is -2.31. The fourth-order valence-corrected chi connectivity index (χ4v) is 8.55. The first-order valence-electron chi connectivity index (χ1n) is 20.9. The van der Waals surface area contributed by atoms with E-state index in [0.29, 0.717) is 47.1 Å². The third-order valence-corrected chi connectivity index (χ3v) is 12.4. The minimum Gasteiger partial charge on any atom is -0.485 e. The van der Waals surface area contributed by atoms with Crippen LogP contribution in [0, 0.1) is 0 Å². The minimum atomic E-state index is -3.75. The number of anilines is 1. The zero-order valence-corrected chi connectivity index (χ0v) is 37.9. The number of hydrogen-bond donors (Lipinski definition) is 3. The normalized spacial score (nSPS) is 14.4. The number of nitrogens with one attached hydrogen (secondary N) is 3. The van der Waals surface area contributed by atoms with Gasteiger partial charge in [0.2, 0.25) is 22.2 Å². The molecule has 4 heterocycles. The van der Waals surface area contributed by atoms with Gasteiger partial charge < -0.3 is 20.3 Å². The molecule has 19 heteroatoms. The fourth-order valence-electron chi connectivity index (χ4n) is 7.21. The van der Waals surface area contributed by atoms with Gasteiger partial charge >= 0.3 is 0 Å². The fraction of sp³-hybridized carbons (Fsp3) is 0.356. The van der Waals surface area contributed by atoms with Crippen LogP contribution in [0.1, 0.15) is 58.4 Å². The molecule has 3 aromatic heterocycles. The number of piperidine rings is 1. The standard InChI is InChI=1S/C25H28FN7O3S.C20H29N5O2/c1-5-21(37(34,35)22-9-7-6-8-10-22)12-11-20(13-26)28-16-29-25-24(36-18(2)3)23(19-14-31-32-15-19)30-17-33(25)27-4;1-4-24-11-8-15(9-12-24)16-6-5-7-17-19(16)23(3)22-20(17)25(14-26)13-10-18(27)21-2/h5-15,17-18,28H,4,16H2,1-3H3,(H,31,32);5-7,14-15H,4,8-13H2,1-3H3,(H,21,27)/b12-11-,20-13-,21-5+,29-25-;. The van der Waals surface area contributed by atoms with Gasteiger partial charge in [-0.05, 0) is 95.1 Å². The highest BCUT2D eigenvalue weighted by molar-refractivity contribution is 7.95. The van der Waals surface area contributed by atoms with E-state index in [1.807, 2.05) is 31.6 Å². The summed E-state index contributed by atoms with van der Waals surface area (Å²) in [5, 5.41) is 21.6. The number of ether oxygens (including phenoxy) is 1. The quantitative estimate of drug-likeness (QED) is 0.0567. The molecule has 0 aliphatic carbocycles. The van der Waals surface area contributed by atoms with Crippen LogP contribution in [0.5, 0.6) is 5.75 Å². The van der Waals surface area contributed by atoms with Gasteiger partial charge in [0, 0.05) is 50.9 Å². The summed E-state index contributed by atoms with van der Waals surface area (Å²) >= 11 is 0. The van der Waals surface area contributed by atoms with Crippen molar-refractivity contribution in [1.82, 2.24) is 45.2 Å². The number of halogens is 1. The number of aromatic amines is 1. The SMILES string of the molecule is C=Nn1cnc(-c2cn[nH]c2)c(OC(C)C)/c1=N/CNC(/C=C\C(=C/C)S(=O)(=O)c1ccccc1)=C\F.CCN1CCC(c2cccc3c(N(C=O)CCC(=O)NC)nn(C)c23)CC1. The van der Waals surface area contributed by atoms with E-state index in [2.05, 4.69) is 71.7 Å². The average molecular weight is 897 g/mol. The van der Waals surface area contributed by atoms with E-state index < -0.39 is 9.84 Å². The van der Waals surface area contributed by atoms with Gasteiger partial charge in [0.15, 0.2) is 17.1 Å². The highest BCUT2D eigenvalue weighted by atomic mass is 32.2. The van der Waals surface area contributed by atoms with Crippen molar-refractivity contribution in [2.45, 2.75) is 63.9 Å². The molecule has 1 aliphatic heterocycles. The molecule has 3 N–H and O–H groups in total. The zero-order valence-electron chi connectivity index (χ0n) is 37.1. The van der Waals surface area contributed by atoms with E-state index in [1.54, 1.807) is 44.6 Å². The van der Waals surface area contributed by atoms with Gasteiger partial charge in [-0.2, -0.15) is 15.3 Å². The highest BCUT2D eigenvalue weighted by Gasteiger charge is 2.25. The summed E-state index contributed by atoms with van der Waals surface area (Å²) in [5.74, 6) is 1.39. The molecule has 0 unspecified atom stereocenters. The topological polar surface area (TPSA) is 197 Å². The number of allylic oxidation sites excluding steroid dienone is 3. The Hall–Kier alpha value is -6.73. The number of H-pyrrole nitrogens is 1. The lowest BCUT2D eigenvalue weighted by atomic mass is 9.88. The number of hydrogen-bond acceptors (Lipinski definition) is 12. The second kappa shape index (κ2) is 23.1. The number of fused-ring (bicyclic) bond motifs is 1. The van der Waals surface area contributed by atoms with Crippen molar-refractivity contribution in [2.24, 2.45) is 17.1 Å². The van der Waals surface area contributed by atoms with Crippen molar-refractivity contribution < 1.29 is 27.1 Å². The van der Waals surface area contributed by atoms with Gasteiger partial charge in [-0.1, -0.05) is 43.3 Å². The van der Waals surface area contributed by atoms with E-state index in [1.165, 1.54) is 51.8 Å². The zero-order chi connectivity index (χ0) is 46.2. The predicted octanol–water partition coefficient (Wildman–Crippen LogP) is 5.59. The Morgan fingerprint density at radius 1 is 1.14 bits per heavy atom. The minimum absolute atomic E-state index is 0.0138. The molecule has 1 aliphatic rings.